The molecule has 0 saturated carbocycles. The first-order chi connectivity index (χ1) is 28.5. The van der Waals surface area contributed by atoms with Crippen LogP contribution in [0.15, 0.2) is 217 Å². The smallest absolute Gasteiger partial charge is 0.135 e. The lowest BCUT2D eigenvalue weighted by atomic mass is 9.83. The molecular formula is C57H42O. The van der Waals surface area contributed by atoms with E-state index in [1.54, 1.807) is 0 Å². The van der Waals surface area contributed by atoms with E-state index in [4.69, 9.17) is 4.42 Å². The first-order valence-electron chi connectivity index (χ1n) is 20.1. The molecule has 9 aromatic carbocycles. The summed E-state index contributed by atoms with van der Waals surface area (Å²) >= 11 is 0. The molecule has 10 rings (SSSR count). The van der Waals surface area contributed by atoms with Gasteiger partial charge in [0.25, 0.3) is 0 Å². The molecule has 1 nitrogen and oxygen atoms in total. The summed E-state index contributed by atoms with van der Waals surface area (Å²) in [5.74, 6) is 0.0604. The molecule has 1 aromatic heterocycles. The van der Waals surface area contributed by atoms with Crippen LogP contribution in [0.1, 0.15) is 33.7 Å². The van der Waals surface area contributed by atoms with Crippen molar-refractivity contribution in [2.45, 2.75) is 19.8 Å². The molecule has 0 spiro atoms. The SMILES string of the molecule is Cc1ccc(-c2ccc(-c3ccc(C(c4ccc(-c5ccc(-c6ccc(C)cc6)cc5)cc4)c4ccc(-c5ccc6oc7ccccc7c6c5)cc4)cc3)cc2)cc1. The zero-order valence-corrected chi connectivity index (χ0v) is 32.7. The molecule has 1 heterocycles. The maximum absolute atomic E-state index is 6.12. The van der Waals surface area contributed by atoms with Gasteiger partial charge in [-0.3, -0.25) is 0 Å². The summed E-state index contributed by atoms with van der Waals surface area (Å²) in [4.78, 5) is 0. The molecule has 0 atom stereocenters. The van der Waals surface area contributed by atoms with E-state index in [0.29, 0.717) is 0 Å². The summed E-state index contributed by atoms with van der Waals surface area (Å²) in [6, 6.07) is 77.5. The van der Waals surface area contributed by atoms with Crippen molar-refractivity contribution in [2.75, 3.05) is 0 Å². The summed E-state index contributed by atoms with van der Waals surface area (Å²) in [6.07, 6.45) is 0. The van der Waals surface area contributed by atoms with E-state index in [9.17, 15) is 0 Å². The minimum Gasteiger partial charge on any atom is -0.456 e. The quantitative estimate of drug-likeness (QED) is 0.141. The van der Waals surface area contributed by atoms with Crippen LogP contribution in [0, 0.1) is 13.8 Å². The van der Waals surface area contributed by atoms with E-state index in [1.807, 2.05) is 12.1 Å². The Kier molecular flexibility index (Phi) is 9.12. The Balaban J connectivity index is 0.970. The van der Waals surface area contributed by atoms with E-state index in [0.717, 1.165) is 21.9 Å². The van der Waals surface area contributed by atoms with Crippen LogP contribution >= 0.6 is 0 Å². The molecule has 0 unspecified atom stereocenters. The van der Waals surface area contributed by atoms with Crippen molar-refractivity contribution in [1.29, 1.82) is 0 Å². The highest BCUT2D eigenvalue weighted by Gasteiger charge is 2.18. The third-order valence-electron chi connectivity index (χ3n) is 11.6. The number of hydrogen-bond donors (Lipinski definition) is 0. The first-order valence-corrected chi connectivity index (χ1v) is 20.1. The minimum atomic E-state index is 0.0604. The fourth-order valence-corrected chi connectivity index (χ4v) is 8.29. The van der Waals surface area contributed by atoms with Crippen molar-refractivity contribution in [1.82, 2.24) is 0 Å². The molecule has 0 aliphatic heterocycles. The molecule has 1 heteroatoms. The maximum Gasteiger partial charge on any atom is 0.135 e. The summed E-state index contributed by atoms with van der Waals surface area (Å²) < 4.78 is 6.12. The maximum atomic E-state index is 6.12. The number of hydrogen-bond acceptors (Lipinski definition) is 1. The van der Waals surface area contributed by atoms with Gasteiger partial charge in [-0.05, 0) is 104 Å². The standard InChI is InChI=1S/C57H42O/c1-38-7-11-40(12-8-38)42-15-19-44(20-16-42)46-23-29-49(30-24-46)57(50-31-25-47(26-32-50)45-21-17-43(18-22-45)41-13-9-39(2)10-14-41)51-33-27-48(28-34-51)52-35-36-56-54(37-52)53-5-3-4-6-55(53)58-56/h3-37,57H,1-2H3. The van der Waals surface area contributed by atoms with Gasteiger partial charge in [-0.25, -0.2) is 0 Å². The fraction of sp³-hybridized carbons (Fsp3) is 0.0526. The third kappa shape index (κ3) is 6.93. The van der Waals surface area contributed by atoms with Crippen LogP contribution in [0.2, 0.25) is 0 Å². The van der Waals surface area contributed by atoms with Gasteiger partial charge in [-0.2, -0.15) is 0 Å². The van der Waals surface area contributed by atoms with Crippen LogP contribution in [0.5, 0.6) is 0 Å². The molecule has 0 aliphatic carbocycles. The third-order valence-corrected chi connectivity index (χ3v) is 11.6. The molecule has 0 aliphatic rings. The van der Waals surface area contributed by atoms with E-state index in [-0.39, 0.29) is 5.92 Å². The van der Waals surface area contributed by atoms with E-state index in [2.05, 4.69) is 214 Å². The van der Waals surface area contributed by atoms with Crippen LogP contribution in [-0.2, 0) is 0 Å². The second kappa shape index (κ2) is 15.0. The average molecular weight is 743 g/mol. The summed E-state index contributed by atoms with van der Waals surface area (Å²) in [6.45, 7) is 4.25. The van der Waals surface area contributed by atoms with Crippen molar-refractivity contribution in [3.8, 4) is 55.6 Å². The molecule has 10 aromatic rings. The van der Waals surface area contributed by atoms with E-state index < -0.39 is 0 Å². The highest BCUT2D eigenvalue weighted by atomic mass is 16.3. The van der Waals surface area contributed by atoms with Crippen molar-refractivity contribution in [3.05, 3.63) is 240 Å². The highest BCUT2D eigenvalue weighted by Crippen LogP contribution is 2.38. The van der Waals surface area contributed by atoms with Gasteiger partial charge in [-0.15, -0.1) is 0 Å². The van der Waals surface area contributed by atoms with Gasteiger partial charge in [0, 0.05) is 16.7 Å². The second-order valence-corrected chi connectivity index (χ2v) is 15.5. The van der Waals surface area contributed by atoms with Crippen LogP contribution in [-0.4, -0.2) is 0 Å². The number of para-hydroxylation sites is 1. The van der Waals surface area contributed by atoms with Gasteiger partial charge in [0.2, 0.25) is 0 Å². The molecule has 0 amide bonds. The van der Waals surface area contributed by atoms with Crippen molar-refractivity contribution < 1.29 is 4.42 Å². The van der Waals surface area contributed by atoms with E-state index in [1.165, 1.54) is 83.5 Å². The molecule has 276 valence electrons. The Morgan fingerprint density at radius 1 is 0.276 bits per heavy atom. The lowest BCUT2D eigenvalue weighted by Gasteiger charge is -2.20. The molecule has 0 radical (unpaired) electrons. The monoisotopic (exact) mass is 742 g/mol. The summed E-state index contributed by atoms with van der Waals surface area (Å²) in [5, 5.41) is 2.29. The fourth-order valence-electron chi connectivity index (χ4n) is 8.29. The van der Waals surface area contributed by atoms with Gasteiger partial charge in [0.15, 0.2) is 0 Å². The average Bonchev–Trinajstić information content (AvgIpc) is 3.66. The molecular weight excluding hydrogens is 701 g/mol. The zero-order valence-electron chi connectivity index (χ0n) is 32.7. The molecule has 58 heavy (non-hydrogen) atoms. The molecule has 0 bridgehead atoms. The Morgan fingerprint density at radius 3 is 0.966 bits per heavy atom. The van der Waals surface area contributed by atoms with Crippen LogP contribution < -0.4 is 0 Å². The normalized spacial score (nSPS) is 11.4. The Hall–Kier alpha value is -7.22. The van der Waals surface area contributed by atoms with Crippen LogP contribution in [0.4, 0.5) is 0 Å². The Bertz CT molecular complexity index is 2850. The topological polar surface area (TPSA) is 13.1 Å². The minimum absolute atomic E-state index is 0.0604. The largest absolute Gasteiger partial charge is 0.456 e. The van der Waals surface area contributed by atoms with Crippen LogP contribution in [0.3, 0.4) is 0 Å². The predicted molar refractivity (Wildman–Crippen MR) is 244 cm³/mol. The van der Waals surface area contributed by atoms with Crippen molar-refractivity contribution in [2.24, 2.45) is 0 Å². The lowest BCUT2D eigenvalue weighted by Crippen LogP contribution is -2.03. The molecule has 0 fully saturated rings. The van der Waals surface area contributed by atoms with Gasteiger partial charge < -0.3 is 4.42 Å². The Morgan fingerprint density at radius 2 is 0.569 bits per heavy atom. The predicted octanol–water partition coefficient (Wildman–Crippen LogP) is 15.7. The van der Waals surface area contributed by atoms with Crippen molar-refractivity contribution in [3.63, 3.8) is 0 Å². The first kappa shape index (κ1) is 35.2. The van der Waals surface area contributed by atoms with E-state index >= 15 is 0 Å². The second-order valence-electron chi connectivity index (χ2n) is 15.5. The van der Waals surface area contributed by atoms with Gasteiger partial charge >= 0.3 is 0 Å². The molecule has 0 saturated heterocycles. The Labute approximate surface area is 340 Å². The van der Waals surface area contributed by atoms with Crippen molar-refractivity contribution >= 4 is 21.9 Å². The number of aryl methyl sites for hydroxylation is 2. The van der Waals surface area contributed by atoms with Gasteiger partial charge in [-0.1, -0.05) is 205 Å². The number of furan rings is 1. The van der Waals surface area contributed by atoms with Gasteiger partial charge in [0.1, 0.15) is 11.2 Å². The molecule has 0 N–H and O–H groups in total. The summed E-state index contributed by atoms with van der Waals surface area (Å²) in [5.41, 5.74) is 20.3. The van der Waals surface area contributed by atoms with Crippen LogP contribution in [0.25, 0.3) is 77.6 Å². The highest BCUT2D eigenvalue weighted by molar-refractivity contribution is 6.06. The number of benzene rings is 9. The lowest BCUT2D eigenvalue weighted by molar-refractivity contribution is 0.669. The summed E-state index contributed by atoms with van der Waals surface area (Å²) in [7, 11) is 0. The zero-order chi connectivity index (χ0) is 39.0. The number of rotatable bonds is 8. The van der Waals surface area contributed by atoms with Gasteiger partial charge in [0.05, 0.1) is 0 Å². The number of fused-ring (bicyclic) bond motifs is 3.